The fourth-order valence-corrected chi connectivity index (χ4v) is 6.09. The Bertz CT molecular complexity index is 1320. The van der Waals surface area contributed by atoms with Gasteiger partial charge < -0.3 is 9.47 Å². The van der Waals surface area contributed by atoms with Gasteiger partial charge in [0.15, 0.2) is 0 Å². The predicted octanol–water partition coefficient (Wildman–Crippen LogP) is 7.54. The van der Waals surface area contributed by atoms with Gasteiger partial charge in [0.2, 0.25) is 0 Å². The van der Waals surface area contributed by atoms with Crippen molar-refractivity contribution in [2.45, 2.75) is 50.0 Å². The summed E-state index contributed by atoms with van der Waals surface area (Å²) in [5, 5.41) is 0. The van der Waals surface area contributed by atoms with Crippen molar-refractivity contribution in [2.75, 3.05) is 6.61 Å². The molecule has 4 nitrogen and oxygen atoms in total. The van der Waals surface area contributed by atoms with Gasteiger partial charge in [-0.1, -0.05) is 66.7 Å². The van der Waals surface area contributed by atoms with Crippen LogP contribution in [-0.4, -0.2) is 36.0 Å². The van der Waals surface area contributed by atoms with Gasteiger partial charge in [-0.25, -0.2) is 4.79 Å². The molecule has 0 spiro atoms. The van der Waals surface area contributed by atoms with E-state index in [9.17, 15) is 18.0 Å². The first kappa shape index (κ1) is 23.6. The van der Waals surface area contributed by atoms with Gasteiger partial charge in [-0.2, -0.15) is 0 Å². The van der Waals surface area contributed by atoms with Gasteiger partial charge >= 0.3 is 12.5 Å². The Labute approximate surface area is 213 Å². The Morgan fingerprint density at radius 3 is 2.30 bits per heavy atom. The number of rotatable bonds is 4. The standard InChI is InChI=1S/C30H26F3NO3/c31-30(32,33)37-23-10-5-7-19(17-23)20-15-21-8-6-9-22(16-20)34(21)29(35)36-18-28-26-13-3-1-11-24(26)25-12-2-4-14-27(25)28/h1-5,7,10-15,17,21-22,28H,6,8-9,16,18H2. The quantitative estimate of drug-likeness (QED) is 0.368. The first-order chi connectivity index (χ1) is 17.9. The molecule has 37 heavy (non-hydrogen) atoms. The summed E-state index contributed by atoms with van der Waals surface area (Å²) in [5.74, 6) is -0.251. The van der Waals surface area contributed by atoms with Gasteiger partial charge in [0.1, 0.15) is 12.4 Å². The van der Waals surface area contributed by atoms with Crippen molar-refractivity contribution in [1.82, 2.24) is 4.90 Å². The highest BCUT2D eigenvalue weighted by atomic mass is 19.4. The number of ether oxygens (including phenoxy) is 2. The van der Waals surface area contributed by atoms with E-state index in [1.54, 1.807) is 12.1 Å². The number of hydrogen-bond acceptors (Lipinski definition) is 3. The zero-order valence-electron chi connectivity index (χ0n) is 20.1. The minimum atomic E-state index is -4.74. The van der Waals surface area contributed by atoms with Crippen molar-refractivity contribution in [1.29, 1.82) is 0 Å². The summed E-state index contributed by atoms with van der Waals surface area (Å²) in [6.45, 7) is 0.260. The average Bonchev–Trinajstić information content (AvgIpc) is 3.19. The normalized spacial score (nSPS) is 20.6. The van der Waals surface area contributed by atoms with E-state index >= 15 is 0 Å². The molecule has 2 heterocycles. The molecule has 3 aromatic rings. The molecule has 7 heteroatoms. The van der Waals surface area contributed by atoms with E-state index in [1.165, 1.54) is 34.4 Å². The van der Waals surface area contributed by atoms with Crippen molar-refractivity contribution >= 4 is 11.7 Å². The second-order valence-corrected chi connectivity index (χ2v) is 9.84. The second-order valence-electron chi connectivity index (χ2n) is 9.84. The lowest BCUT2D eigenvalue weighted by molar-refractivity contribution is -0.274. The molecule has 2 unspecified atom stereocenters. The highest BCUT2D eigenvalue weighted by molar-refractivity contribution is 5.79. The molecule has 3 aromatic carbocycles. The first-order valence-corrected chi connectivity index (χ1v) is 12.6. The summed E-state index contributed by atoms with van der Waals surface area (Å²) in [4.78, 5) is 15.2. The zero-order chi connectivity index (χ0) is 25.6. The molecular weight excluding hydrogens is 479 g/mol. The summed E-state index contributed by atoms with van der Waals surface area (Å²) < 4.78 is 48.1. The topological polar surface area (TPSA) is 38.8 Å². The number of nitrogens with zero attached hydrogens (tertiary/aromatic N) is 1. The number of piperidine rings is 1. The van der Waals surface area contributed by atoms with Gasteiger partial charge in [-0.3, -0.25) is 4.90 Å². The molecule has 2 atom stereocenters. The van der Waals surface area contributed by atoms with E-state index in [2.05, 4.69) is 29.0 Å². The minimum absolute atomic E-state index is 0.0107. The van der Waals surface area contributed by atoms with Gasteiger partial charge in [0.25, 0.3) is 0 Å². The Hall–Kier alpha value is -3.74. The Morgan fingerprint density at radius 1 is 0.919 bits per heavy atom. The maximum absolute atomic E-state index is 13.4. The average molecular weight is 506 g/mol. The third-order valence-electron chi connectivity index (χ3n) is 7.62. The molecule has 2 aliphatic heterocycles. The fourth-order valence-electron chi connectivity index (χ4n) is 6.09. The van der Waals surface area contributed by atoms with Crippen LogP contribution in [0.15, 0.2) is 78.9 Å². The number of amides is 1. The molecule has 0 aromatic heterocycles. The number of fused-ring (bicyclic) bond motifs is 5. The fraction of sp³-hybridized carbons (Fsp3) is 0.300. The van der Waals surface area contributed by atoms with Crippen molar-refractivity contribution in [3.8, 4) is 16.9 Å². The van der Waals surface area contributed by atoms with Gasteiger partial charge in [-0.15, -0.1) is 13.2 Å². The number of benzene rings is 3. The summed E-state index contributed by atoms with van der Waals surface area (Å²) in [7, 11) is 0. The van der Waals surface area contributed by atoms with Crippen LogP contribution in [0.2, 0.25) is 0 Å². The van der Waals surface area contributed by atoms with E-state index in [-0.39, 0.29) is 36.5 Å². The van der Waals surface area contributed by atoms with E-state index < -0.39 is 6.36 Å². The molecular formula is C30H26F3NO3. The van der Waals surface area contributed by atoms with Crippen LogP contribution in [0.1, 0.15) is 48.3 Å². The molecule has 1 saturated heterocycles. The number of carbonyl (C=O) groups excluding carboxylic acids is 1. The highest BCUT2D eigenvalue weighted by Gasteiger charge is 2.39. The maximum atomic E-state index is 13.4. The molecule has 3 aliphatic rings. The van der Waals surface area contributed by atoms with Crippen LogP contribution in [-0.2, 0) is 4.74 Å². The van der Waals surface area contributed by atoms with E-state index in [1.807, 2.05) is 35.2 Å². The smallest absolute Gasteiger partial charge is 0.448 e. The molecule has 6 rings (SSSR count). The number of alkyl halides is 3. The first-order valence-electron chi connectivity index (χ1n) is 12.6. The molecule has 0 radical (unpaired) electrons. The Balaban J connectivity index is 1.20. The Morgan fingerprint density at radius 2 is 1.62 bits per heavy atom. The summed E-state index contributed by atoms with van der Waals surface area (Å²) >= 11 is 0. The SMILES string of the molecule is O=C(OCC1c2ccccc2-c2ccccc21)N1C2C=C(c3cccc(OC(F)(F)F)c3)CC1CCC2. The second kappa shape index (κ2) is 9.29. The van der Waals surface area contributed by atoms with Crippen molar-refractivity contribution in [2.24, 2.45) is 0 Å². The van der Waals surface area contributed by atoms with Crippen LogP contribution >= 0.6 is 0 Å². The lowest BCUT2D eigenvalue weighted by Gasteiger charge is -2.44. The molecule has 0 N–H and O–H groups in total. The van der Waals surface area contributed by atoms with Crippen LogP contribution in [0.5, 0.6) is 5.75 Å². The van der Waals surface area contributed by atoms with Crippen molar-refractivity contribution < 1.29 is 27.4 Å². The number of hydrogen-bond donors (Lipinski definition) is 0. The molecule has 0 saturated carbocycles. The molecule has 1 amide bonds. The highest BCUT2D eigenvalue weighted by Crippen LogP contribution is 2.45. The molecule has 1 fully saturated rings. The van der Waals surface area contributed by atoms with Crippen LogP contribution in [0.4, 0.5) is 18.0 Å². The maximum Gasteiger partial charge on any atom is 0.573 e. The van der Waals surface area contributed by atoms with Gasteiger partial charge in [0.05, 0.1) is 6.04 Å². The predicted molar refractivity (Wildman–Crippen MR) is 134 cm³/mol. The van der Waals surface area contributed by atoms with E-state index in [0.29, 0.717) is 12.0 Å². The summed E-state index contributed by atoms with van der Waals surface area (Å²) in [6, 6.07) is 22.3. The van der Waals surface area contributed by atoms with Crippen LogP contribution in [0.3, 0.4) is 0 Å². The minimum Gasteiger partial charge on any atom is -0.448 e. The summed E-state index contributed by atoms with van der Waals surface area (Å²) in [5.41, 5.74) is 6.31. The monoisotopic (exact) mass is 505 g/mol. The largest absolute Gasteiger partial charge is 0.573 e. The van der Waals surface area contributed by atoms with Crippen LogP contribution < -0.4 is 4.74 Å². The molecule has 190 valence electrons. The van der Waals surface area contributed by atoms with Crippen LogP contribution in [0.25, 0.3) is 16.7 Å². The van der Waals surface area contributed by atoms with E-state index in [4.69, 9.17) is 4.74 Å². The van der Waals surface area contributed by atoms with Gasteiger partial charge in [-0.05, 0) is 71.2 Å². The molecule has 2 bridgehead atoms. The summed E-state index contributed by atoms with van der Waals surface area (Å²) in [6.07, 6.45) is 0.112. The number of halogens is 3. The number of carbonyl (C=O) groups is 1. The third-order valence-corrected chi connectivity index (χ3v) is 7.62. The lowest BCUT2D eigenvalue weighted by Crippen LogP contribution is -2.51. The Kier molecular flexibility index (Phi) is 5.94. The van der Waals surface area contributed by atoms with E-state index in [0.717, 1.165) is 24.8 Å². The zero-order valence-corrected chi connectivity index (χ0v) is 20.1. The van der Waals surface area contributed by atoms with Crippen LogP contribution in [0, 0.1) is 0 Å². The van der Waals surface area contributed by atoms with Crippen molar-refractivity contribution in [3.63, 3.8) is 0 Å². The van der Waals surface area contributed by atoms with Crippen molar-refractivity contribution in [3.05, 3.63) is 95.6 Å². The molecule has 1 aliphatic carbocycles. The third kappa shape index (κ3) is 4.59. The van der Waals surface area contributed by atoms with Gasteiger partial charge in [0, 0.05) is 12.0 Å². The lowest BCUT2D eigenvalue weighted by atomic mass is 9.83.